The van der Waals surface area contributed by atoms with E-state index in [-0.39, 0.29) is 17.6 Å². The Hall–Kier alpha value is -0.910. The number of piperidine rings is 1. The van der Waals surface area contributed by atoms with Crippen molar-refractivity contribution in [2.24, 2.45) is 11.8 Å². The van der Waals surface area contributed by atoms with E-state index in [2.05, 4.69) is 0 Å². The van der Waals surface area contributed by atoms with Gasteiger partial charge in [0.05, 0.1) is 10.8 Å². The molecule has 4 fully saturated rings. The van der Waals surface area contributed by atoms with E-state index < -0.39 is 15.7 Å². The molecule has 1 atom stereocenters. The predicted octanol–water partition coefficient (Wildman–Crippen LogP) is 1.50. The van der Waals surface area contributed by atoms with E-state index in [1.165, 1.54) is 25.7 Å². The van der Waals surface area contributed by atoms with Crippen molar-refractivity contribution >= 4 is 22.6 Å². The van der Waals surface area contributed by atoms with Crippen LogP contribution < -0.4 is 0 Å². The lowest BCUT2D eigenvalue weighted by Gasteiger charge is -2.44. The van der Waals surface area contributed by atoms with Crippen LogP contribution in [0.5, 0.6) is 0 Å². The first-order chi connectivity index (χ1) is 11.1. The Balaban J connectivity index is 1.44. The Bertz CT molecular complexity index is 532. The largest absolute Gasteiger partial charge is 0.342 e. The van der Waals surface area contributed by atoms with Crippen LogP contribution in [0.15, 0.2) is 0 Å². The molecule has 128 valence electrons. The standard InChI is InChI=1S/C17H26N2O3S/c20-15-12-23(22)17(19(15)11-13-5-6-13)7-9-18(10-8-17)16(21)14-3-1-2-4-14/h13-14H,1-12H2. The van der Waals surface area contributed by atoms with Crippen molar-refractivity contribution in [3.05, 3.63) is 0 Å². The van der Waals surface area contributed by atoms with Crippen LogP contribution in [0.1, 0.15) is 51.4 Å². The van der Waals surface area contributed by atoms with Crippen LogP contribution in [0, 0.1) is 11.8 Å². The molecule has 2 saturated carbocycles. The van der Waals surface area contributed by atoms with E-state index in [9.17, 15) is 13.8 Å². The Morgan fingerprint density at radius 1 is 1.13 bits per heavy atom. The van der Waals surface area contributed by atoms with Crippen LogP contribution in [0.4, 0.5) is 0 Å². The van der Waals surface area contributed by atoms with Crippen molar-refractivity contribution in [3.63, 3.8) is 0 Å². The highest BCUT2D eigenvalue weighted by molar-refractivity contribution is 7.87. The number of rotatable bonds is 3. The van der Waals surface area contributed by atoms with Gasteiger partial charge in [-0.3, -0.25) is 13.8 Å². The molecule has 4 rings (SSSR count). The average Bonchev–Trinajstić information content (AvgIpc) is 3.15. The molecule has 2 heterocycles. The van der Waals surface area contributed by atoms with Crippen LogP contribution in [0.2, 0.25) is 0 Å². The van der Waals surface area contributed by atoms with E-state index in [0.717, 1.165) is 19.4 Å². The second-order valence-electron chi connectivity index (χ2n) is 7.69. The van der Waals surface area contributed by atoms with Crippen LogP contribution in [0.3, 0.4) is 0 Å². The zero-order chi connectivity index (χ0) is 16.0. The van der Waals surface area contributed by atoms with Crippen molar-refractivity contribution < 1.29 is 13.8 Å². The summed E-state index contributed by atoms with van der Waals surface area (Å²) in [4.78, 5) is 28.3. The van der Waals surface area contributed by atoms with Crippen LogP contribution >= 0.6 is 0 Å². The molecule has 2 saturated heterocycles. The number of hydrogen-bond acceptors (Lipinski definition) is 3. The molecular formula is C17H26N2O3S. The number of nitrogens with zero attached hydrogens (tertiary/aromatic N) is 2. The lowest BCUT2D eigenvalue weighted by molar-refractivity contribution is -0.138. The minimum absolute atomic E-state index is 0.0609. The quantitative estimate of drug-likeness (QED) is 0.783. The highest BCUT2D eigenvalue weighted by Gasteiger charge is 2.54. The van der Waals surface area contributed by atoms with Gasteiger partial charge in [0.2, 0.25) is 11.8 Å². The smallest absolute Gasteiger partial charge is 0.236 e. The molecular weight excluding hydrogens is 312 g/mol. The van der Waals surface area contributed by atoms with Crippen LogP contribution in [0.25, 0.3) is 0 Å². The summed E-state index contributed by atoms with van der Waals surface area (Å²) in [5.41, 5.74) is 0. The van der Waals surface area contributed by atoms with E-state index in [0.29, 0.717) is 37.8 Å². The first-order valence-corrected chi connectivity index (χ1v) is 10.4. The Kier molecular flexibility index (Phi) is 3.98. The highest BCUT2D eigenvalue weighted by atomic mass is 32.2. The molecule has 0 N–H and O–H groups in total. The van der Waals surface area contributed by atoms with Gasteiger partial charge >= 0.3 is 0 Å². The van der Waals surface area contributed by atoms with Gasteiger partial charge in [-0.15, -0.1) is 0 Å². The topological polar surface area (TPSA) is 57.7 Å². The van der Waals surface area contributed by atoms with E-state index in [1.54, 1.807) is 0 Å². The molecule has 1 unspecified atom stereocenters. The fraction of sp³-hybridized carbons (Fsp3) is 0.882. The van der Waals surface area contributed by atoms with E-state index in [1.807, 2.05) is 9.80 Å². The second kappa shape index (κ2) is 5.87. The highest BCUT2D eigenvalue weighted by Crippen LogP contribution is 2.41. The van der Waals surface area contributed by atoms with Gasteiger partial charge in [-0.05, 0) is 31.6 Å². The van der Waals surface area contributed by atoms with Crippen molar-refractivity contribution in [2.45, 2.75) is 56.2 Å². The molecule has 0 aromatic carbocycles. The molecule has 0 aromatic rings. The third kappa shape index (κ3) is 2.73. The minimum atomic E-state index is -1.11. The van der Waals surface area contributed by atoms with Gasteiger partial charge in [0, 0.05) is 38.4 Å². The molecule has 4 aliphatic rings. The second-order valence-corrected chi connectivity index (χ2v) is 9.43. The van der Waals surface area contributed by atoms with Gasteiger partial charge < -0.3 is 9.80 Å². The monoisotopic (exact) mass is 338 g/mol. The number of hydrogen-bond donors (Lipinski definition) is 0. The zero-order valence-corrected chi connectivity index (χ0v) is 14.5. The van der Waals surface area contributed by atoms with Crippen molar-refractivity contribution in [1.29, 1.82) is 0 Å². The number of carbonyl (C=O) groups excluding carboxylic acids is 2. The van der Waals surface area contributed by atoms with Crippen molar-refractivity contribution in [1.82, 2.24) is 9.80 Å². The molecule has 2 aliphatic heterocycles. The summed E-state index contributed by atoms with van der Waals surface area (Å²) >= 11 is 0. The Morgan fingerprint density at radius 3 is 2.39 bits per heavy atom. The molecule has 1 spiro atoms. The summed E-state index contributed by atoms with van der Waals surface area (Å²) in [6.45, 7) is 2.10. The maximum Gasteiger partial charge on any atom is 0.236 e. The minimum Gasteiger partial charge on any atom is -0.342 e. The molecule has 0 aromatic heterocycles. The van der Waals surface area contributed by atoms with Crippen molar-refractivity contribution in [3.8, 4) is 0 Å². The lowest BCUT2D eigenvalue weighted by atomic mass is 9.99. The summed E-state index contributed by atoms with van der Waals surface area (Å²) in [6, 6.07) is 0. The molecule has 6 heteroatoms. The number of amides is 2. The first kappa shape index (κ1) is 15.6. The van der Waals surface area contributed by atoms with Gasteiger partial charge in [0.25, 0.3) is 0 Å². The van der Waals surface area contributed by atoms with Gasteiger partial charge in [0.15, 0.2) is 0 Å². The molecule has 5 nitrogen and oxygen atoms in total. The average molecular weight is 338 g/mol. The van der Waals surface area contributed by atoms with Gasteiger partial charge in [-0.1, -0.05) is 12.8 Å². The molecule has 2 aliphatic carbocycles. The van der Waals surface area contributed by atoms with Gasteiger partial charge in [-0.2, -0.15) is 0 Å². The molecule has 0 radical (unpaired) electrons. The maximum atomic E-state index is 12.7. The first-order valence-electron chi connectivity index (χ1n) is 9.08. The SMILES string of the molecule is O=C(C1CCCC1)N1CCC2(CC1)N(CC1CC1)C(=O)CS2=O. The summed E-state index contributed by atoms with van der Waals surface area (Å²) < 4.78 is 12.7. The fourth-order valence-corrected chi connectivity index (χ4v) is 6.22. The summed E-state index contributed by atoms with van der Waals surface area (Å²) in [6.07, 6.45) is 8.16. The third-order valence-corrected chi connectivity index (χ3v) is 8.16. The lowest BCUT2D eigenvalue weighted by Crippen LogP contribution is -2.56. The Morgan fingerprint density at radius 2 is 1.78 bits per heavy atom. The number of carbonyl (C=O) groups is 2. The third-order valence-electron chi connectivity index (χ3n) is 6.17. The fourth-order valence-electron chi connectivity index (χ4n) is 4.51. The van der Waals surface area contributed by atoms with Crippen molar-refractivity contribution in [2.75, 3.05) is 25.4 Å². The van der Waals surface area contributed by atoms with Gasteiger partial charge in [0.1, 0.15) is 10.6 Å². The number of likely N-dealkylation sites (tertiary alicyclic amines) is 1. The molecule has 2 amide bonds. The predicted molar refractivity (Wildman–Crippen MR) is 87.9 cm³/mol. The van der Waals surface area contributed by atoms with Crippen LogP contribution in [-0.4, -0.2) is 56.1 Å². The normalized spacial score (nSPS) is 31.3. The van der Waals surface area contributed by atoms with Gasteiger partial charge in [-0.25, -0.2) is 0 Å². The summed E-state index contributed by atoms with van der Waals surface area (Å²) in [5, 5.41) is 0. The Labute approximate surface area is 140 Å². The van der Waals surface area contributed by atoms with E-state index in [4.69, 9.17) is 0 Å². The molecule has 0 bridgehead atoms. The summed E-state index contributed by atoms with van der Waals surface area (Å²) in [7, 11) is -1.11. The molecule has 23 heavy (non-hydrogen) atoms. The maximum absolute atomic E-state index is 12.7. The summed E-state index contributed by atoms with van der Waals surface area (Å²) in [5.74, 6) is 1.36. The zero-order valence-electron chi connectivity index (χ0n) is 13.7. The van der Waals surface area contributed by atoms with E-state index >= 15 is 0 Å². The van der Waals surface area contributed by atoms with Crippen LogP contribution in [-0.2, 0) is 20.4 Å².